The minimum Gasteiger partial charge on any atom is -0.497 e. The van der Waals surface area contributed by atoms with E-state index in [0.717, 1.165) is 29.2 Å². The first-order valence-corrected chi connectivity index (χ1v) is 8.53. The van der Waals surface area contributed by atoms with Gasteiger partial charge in [0.2, 0.25) is 5.91 Å². The van der Waals surface area contributed by atoms with Crippen LogP contribution in [-0.2, 0) is 17.8 Å². The maximum absolute atomic E-state index is 12.1. The van der Waals surface area contributed by atoms with Gasteiger partial charge in [-0.3, -0.25) is 4.79 Å². The van der Waals surface area contributed by atoms with E-state index in [1.165, 1.54) is 5.56 Å². The van der Waals surface area contributed by atoms with Crippen LogP contribution < -0.4 is 15.4 Å². The van der Waals surface area contributed by atoms with Gasteiger partial charge in [0.05, 0.1) is 13.5 Å². The van der Waals surface area contributed by atoms with Crippen LogP contribution in [0.1, 0.15) is 11.1 Å². The van der Waals surface area contributed by atoms with Crippen molar-refractivity contribution in [2.75, 3.05) is 17.7 Å². The molecular weight excluding hydrogens is 324 g/mol. The van der Waals surface area contributed by atoms with E-state index in [2.05, 4.69) is 10.6 Å². The molecule has 4 nitrogen and oxygen atoms in total. The molecule has 0 bridgehead atoms. The highest BCUT2D eigenvalue weighted by atomic mass is 16.5. The van der Waals surface area contributed by atoms with Crippen LogP contribution in [-0.4, -0.2) is 13.0 Å². The summed E-state index contributed by atoms with van der Waals surface area (Å²) in [4.78, 5) is 12.1. The zero-order valence-electron chi connectivity index (χ0n) is 14.7. The zero-order chi connectivity index (χ0) is 18.2. The van der Waals surface area contributed by atoms with Crippen molar-refractivity contribution in [3.63, 3.8) is 0 Å². The second kappa shape index (κ2) is 8.72. The van der Waals surface area contributed by atoms with Crippen molar-refractivity contribution in [1.29, 1.82) is 0 Å². The van der Waals surface area contributed by atoms with E-state index < -0.39 is 0 Å². The molecule has 3 rings (SSSR count). The largest absolute Gasteiger partial charge is 0.497 e. The molecule has 132 valence electrons. The minimum atomic E-state index is -0.0184. The van der Waals surface area contributed by atoms with Crippen molar-refractivity contribution < 1.29 is 9.53 Å². The average Bonchev–Trinajstić information content (AvgIpc) is 2.68. The molecule has 2 N–H and O–H groups in total. The quantitative estimate of drug-likeness (QED) is 0.663. The summed E-state index contributed by atoms with van der Waals surface area (Å²) in [6.07, 6.45) is 0.373. The van der Waals surface area contributed by atoms with Crippen molar-refractivity contribution in [2.45, 2.75) is 13.0 Å². The number of rotatable bonds is 7. The molecule has 3 aromatic rings. The van der Waals surface area contributed by atoms with Gasteiger partial charge in [-0.1, -0.05) is 42.5 Å². The van der Waals surface area contributed by atoms with Crippen LogP contribution in [0.2, 0.25) is 0 Å². The van der Waals surface area contributed by atoms with Crippen LogP contribution in [0.25, 0.3) is 0 Å². The van der Waals surface area contributed by atoms with E-state index in [4.69, 9.17) is 4.74 Å². The van der Waals surface area contributed by atoms with Crippen LogP contribution in [0.5, 0.6) is 5.75 Å². The van der Waals surface area contributed by atoms with Crippen molar-refractivity contribution in [2.24, 2.45) is 0 Å². The Bertz CT molecular complexity index is 828. The van der Waals surface area contributed by atoms with Gasteiger partial charge < -0.3 is 15.4 Å². The number of hydrogen-bond donors (Lipinski definition) is 2. The maximum atomic E-state index is 12.1. The van der Waals surface area contributed by atoms with E-state index in [-0.39, 0.29) is 5.91 Å². The van der Waals surface area contributed by atoms with E-state index in [0.29, 0.717) is 6.42 Å². The monoisotopic (exact) mass is 346 g/mol. The first-order valence-electron chi connectivity index (χ1n) is 8.53. The van der Waals surface area contributed by atoms with Crippen LogP contribution in [0, 0.1) is 0 Å². The Hall–Kier alpha value is -3.27. The minimum absolute atomic E-state index is 0.0184. The molecule has 1 amide bonds. The molecule has 0 aromatic heterocycles. The number of carbonyl (C=O) groups is 1. The molecule has 0 saturated heterocycles. The Balaban J connectivity index is 1.50. The van der Waals surface area contributed by atoms with Gasteiger partial charge in [-0.25, -0.2) is 0 Å². The number of carbonyl (C=O) groups excluding carboxylic acids is 1. The summed E-state index contributed by atoms with van der Waals surface area (Å²) in [5.41, 5.74) is 3.97. The fourth-order valence-corrected chi connectivity index (χ4v) is 2.61. The van der Waals surface area contributed by atoms with E-state index in [1.54, 1.807) is 7.11 Å². The molecule has 0 heterocycles. The molecule has 0 fully saturated rings. The SMILES string of the molecule is COc1ccc(CNc2ccc(NC(=O)Cc3ccccc3)cc2)cc1. The summed E-state index contributed by atoms with van der Waals surface area (Å²) in [6.45, 7) is 0.726. The molecule has 0 spiro atoms. The molecular formula is C22H22N2O2. The lowest BCUT2D eigenvalue weighted by Gasteiger charge is -2.09. The predicted octanol–water partition coefficient (Wildman–Crippen LogP) is 4.49. The summed E-state index contributed by atoms with van der Waals surface area (Å²) in [6, 6.07) is 25.4. The van der Waals surface area contributed by atoms with E-state index >= 15 is 0 Å². The fraction of sp³-hybridized carbons (Fsp3) is 0.136. The summed E-state index contributed by atoms with van der Waals surface area (Å²) in [5, 5.41) is 6.29. The second-order valence-electron chi connectivity index (χ2n) is 5.99. The summed E-state index contributed by atoms with van der Waals surface area (Å²) < 4.78 is 5.16. The van der Waals surface area contributed by atoms with Crippen molar-refractivity contribution >= 4 is 17.3 Å². The molecule has 0 radical (unpaired) electrons. The number of amides is 1. The smallest absolute Gasteiger partial charge is 0.228 e. The van der Waals surface area contributed by atoms with Gasteiger partial charge >= 0.3 is 0 Å². The summed E-state index contributed by atoms with van der Waals surface area (Å²) in [7, 11) is 1.66. The predicted molar refractivity (Wildman–Crippen MR) is 106 cm³/mol. The number of benzene rings is 3. The lowest BCUT2D eigenvalue weighted by Crippen LogP contribution is -2.14. The molecule has 3 aromatic carbocycles. The van der Waals surface area contributed by atoms with Crippen molar-refractivity contribution in [3.8, 4) is 5.75 Å². The number of nitrogens with one attached hydrogen (secondary N) is 2. The summed E-state index contributed by atoms with van der Waals surface area (Å²) >= 11 is 0. The molecule has 0 saturated carbocycles. The molecule has 26 heavy (non-hydrogen) atoms. The molecule has 0 aliphatic rings. The van der Waals surface area contributed by atoms with Gasteiger partial charge in [0, 0.05) is 17.9 Å². The molecule has 0 aliphatic heterocycles. The first-order chi connectivity index (χ1) is 12.7. The van der Waals surface area contributed by atoms with E-state index in [1.807, 2.05) is 78.9 Å². The Labute approximate surface area is 153 Å². The highest BCUT2D eigenvalue weighted by Gasteiger charge is 2.04. The lowest BCUT2D eigenvalue weighted by atomic mass is 10.1. The Morgan fingerprint density at radius 3 is 2.12 bits per heavy atom. The third-order valence-corrected chi connectivity index (χ3v) is 4.03. The Kier molecular flexibility index (Phi) is 5.88. The molecule has 4 heteroatoms. The van der Waals surface area contributed by atoms with Crippen molar-refractivity contribution in [1.82, 2.24) is 0 Å². The number of methoxy groups -OCH3 is 1. The van der Waals surface area contributed by atoms with Crippen LogP contribution >= 0.6 is 0 Å². The van der Waals surface area contributed by atoms with Crippen LogP contribution in [0.4, 0.5) is 11.4 Å². The Morgan fingerprint density at radius 1 is 0.808 bits per heavy atom. The molecule has 0 atom stereocenters. The van der Waals surface area contributed by atoms with Gasteiger partial charge in [0.15, 0.2) is 0 Å². The highest BCUT2D eigenvalue weighted by Crippen LogP contribution is 2.16. The number of hydrogen-bond acceptors (Lipinski definition) is 3. The number of anilines is 2. The molecule has 0 unspecified atom stereocenters. The second-order valence-corrected chi connectivity index (χ2v) is 5.99. The van der Waals surface area contributed by atoms with Gasteiger partial charge in [-0.15, -0.1) is 0 Å². The molecule has 0 aliphatic carbocycles. The standard InChI is InChI=1S/C22H22N2O2/c1-26-21-13-7-18(8-14-21)16-23-19-9-11-20(12-10-19)24-22(25)15-17-5-3-2-4-6-17/h2-14,23H,15-16H2,1H3,(H,24,25). The average molecular weight is 346 g/mol. The van der Waals surface area contributed by atoms with Gasteiger partial charge in [-0.2, -0.15) is 0 Å². The van der Waals surface area contributed by atoms with Gasteiger partial charge in [0.1, 0.15) is 5.75 Å². The maximum Gasteiger partial charge on any atom is 0.228 e. The van der Waals surface area contributed by atoms with Gasteiger partial charge in [-0.05, 0) is 47.5 Å². The third-order valence-electron chi connectivity index (χ3n) is 4.03. The highest BCUT2D eigenvalue weighted by molar-refractivity contribution is 5.92. The topological polar surface area (TPSA) is 50.4 Å². The first kappa shape index (κ1) is 17.5. The zero-order valence-corrected chi connectivity index (χ0v) is 14.7. The van der Waals surface area contributed by atoms with Gasteiger partial charge in [0.25, 0.3) is 0 Å². The summed E-state index contributed by atoms with van der Waals surface area (Å²) in [5.74, 6) is 0.833. The van der Waals surface area contributed by atoms with Crippen molar-refractivity contribution in [3.05, 3.63) is 90.0 Å². The van der Waals surface area contributed by atoms with E-state index in [9.17, 15) is 4.79 Å². The lowest BCUT2D eigenvalue weighted by molar-refractivity contribution is -0.115. The van der Waals surface area contributed by atoms with Crippen LogP contribution in [0.15, 0.2) is 78.9 Å². The normalized spacial score (nSPS) is 10.2. The third kappa shape index (κ3) is 5.11. The Morgan fingerprint density at radius 2 is 1.46 bits per heavy atom. The fourth-order valence-electron chi connectivity index (χ4n) is 2.61. The number of ether oxygens (including phenoxy) is 1. The van der Waals surface area contributed by atoms with Crippen LogP contribution in [0.3, 0.4) is 0 Å².